The van der Waals surface area contributed by atoms with Crippen LogP contribution in [0.2, 0.25) is 0 Å². The number of benzene rings is 2. The molecule has 0 saturated carbocycles. The van der Waals surface area contributed by atoms with E-state index in [0.717, 1.165) is 34.6 Å². The number of rotatable bonds is 6. The number of nitrogens with two attached hydrogens (primary N) is 1. The molecule has 2 nitrogen and oxygen atoms in total. The van der Waals surface area contributed by atoms with Crippen LogP contribution in [0, 0.1) is 0 Å². The number of ether oxygens (including phenoxy) is 1. The van der Waals surface area contributed by atoms with Crippen LogP contribution in [-0.4, -0.2) is 7.11 Å². The molecule has 2 aromatic heterocycles. The standard InChI is InChI=1S/C28H29NOS2/c1-28(2,3)27-18-17-26(32-27)25-16-14-21(31-25)13-15-22(23-7-5-6-8-24(23)29)19-9-11-20(30-4)12-10-19/h5-12,14-18H,13,29H2,1-4H3/b22-15-. The molecule has 0 aliphatic rings. The van der Waals surface area contributed by atoms with Gasteiger partial charge in [-0.05, 0) is 59.0 Å². The SMILES string of the molecule is COc1ccc(/C(=C/Cc2ccc(-c3ccc(C(C)(C)C)s3)s2)c2ccccc2N)cc1. The molecule has 0 atom stereocenters. The first-order valence-electron chi connectivity index (χ1n) is 10.7. The van der Waals surface area contributed by atoms with Crippen molar-refractivity contribution in [3.63, 3.8) is 0 Å². The van der Waals surface area contributed by atoms with Crippen molar-refractivity contribution in [2.75, 3.05) is 12.8 Å². The van der Waals surface area contributed by atoms with Crippen molar-refractivity contribution in [2.24, 2.45) is 0 Å². The lowest BCUT2D eigenvalue weighted by Gasteiger charge is -2.15. The summed E-state index contributed by atoms with van der Waals surface area (Å²) in [6.45, 7) is 6.80. The number of nitrogen functional groups attached to an aromatic ring is 1. The molecule has 164 valence electrons. The van der Waals surface area contributed by atoms with Crippen molar-refractivity contribution in [1.82, 2.24) is 0 Å². The number of allylic oxidation sites excluding steroid dienone is 1. The molecule has 0 unspecified atom stereocenters. The lowest BCUT2D eigenvalue weighted by atomic mass is 9.95. The van der Waals surface area contributed by atoms with E-state index in [1.165, 1.54) is 19.5 Å². The molecule has 2 aromatic carbocycles. The summed E-state index contributed by atoms with van der Waals surface area (Å²) < 4.78 is 5.33. The molecule has 0 bridgehead atoms. The number of anilines is 1. The average molecular weight is 460 g/mol. The molecule has 4 heteroatoms. The molecule has 32 heavy (non-hydrogen) atoms. The van der Waals surface area contributed by atoms with Crippen LogP contribution in [0.4, 0.5) is 5.69 Å². The zero-order chi connectivity index (χ0) is 22.7. The Labute approximate surface area is 199 Å². The van der Waals surface area contributed by atoms with Gasteiger partial charge in [-0.3, -0.25) is 0 Å². The van der Waals surface area contributed by atoms with Gasteiger partial charge in [-0.15, -0.1) is 22.7 Å². The first kappa shape index (κ1) is 22.4. The number of para-hydroxylation sites is 1. The molecule has 0 spiro atoms. The van der Waals surface area contributed by atoms with Crippen molar-refractivity contribution >= 4 is 33.9 Å². The van der Waals surface area contributed by atoms with E-state index in [1.54, 1.807) is 7.11 Å². The van der Waals surface area contributed by atoms with E-state index in [4.69, 9.17) is 10.5 Å². The van der Waals surface area contributed by atoms with Gasteiger partial charge in [0.25, 0.3) is 0 Å². The fourth-order valence-corrected chi connectivity index (χ4v) is 5.72. The Hall–Kier alpha value is -2.82. The van der Waals surface area contributed by atoms with E-state index >= 15 is 0 Å². The zero-order valence-corrected chi connectivity index (χ0v) is 20.6. The molecule has 0 fully saturated rings. The highest BCUT2D eigenvalue weighted by molar-refractivity contribution is 7.22. The van der Waals surface area contributed by atoms with Crippen molar-refractivity contribution in [2.45, 2.75) is 32.6 Å². The van der Waals surface area contributed by atoms with Gasteiger partial charge in [0, 0.05) is 37.2 Å². The van der Waals surface area contributed by atoms with Gasteiger partial charge in [0.05, 0.1) is 7.11 Å². The van der Waals surface area contributed by atoms with Gasteiger partial charge >= 0.3 is 0 Å². The maximum absolute atomic E-state index is 6.34. The van der Waals surface area contributed by atoms with Crippen molar-refractivity contribution in [3.8, 4) is 15.5 Å². The average Bonchev–Trinajstić information content (AvgIpc) is 3.45. The summed E-state index contributed by atoms with van der Waals surface area (Å²) in [6.07, 6.45) is 3.15. The first-order chi connectivity index (χ1) is 15.3. The number of methoxy groups -OCH3 is 1. The molecular formula is C28H29NOS2. The minimum atomic E-state index is 0.189. The van der Waals surface area contributed by atoms with Gasteiger partial charge in [-0.25, -0.2) is 0 Å². The molecule has 0 saturated heterocycles. The van der Waals surface area contributed by atoms with E-state index in [2.05, 4.69) is 69.3 Å². The summed E-state index contributed by atoms with van der Waals surface area (Å²) in [5.41, 5.74) is 10.7. The Morgan fingerprint density at radius 2 is 1.56 bits per heavy atom. The van der Waals surface area contributed by atoms with Crippen LogP contribution in [-0.2, 0) is 11.8 Å². The van der Waals surface area contributed by atoms with E-state index in [1.807, 2.05) is 53.0 Å². The largest absolute Gasteiger partial charge is 0.497 e. The topological polar surface area (TPSA) is 35.2 Å². The number of hydrogen-bond acceptors (Lipinski definition) is 4. The minimum Gasteiger partial charge on any atom is -0.497 e. The van der Waals surface area contributed by atoms with Crippen molar-refractivity contribution in [3.05, 3.63) is 99.8 Å². The molecule has 0 aliphatic carbocycles. The summed E-state index contributed by atoms with van der Waals surface area (Å²) in [7, 11) is 1.69. The molecule has 2 N–H and O–H groups in total. The summed E-state index contributed by atoms with van der Waals surface area (Å²) in [5.74, 6) is 0.850. The monoisotopic (exact) mass is 459 g/mol. The van der Waals surface area contributed by atoms with Gasteiger partial charge in [-0.2, -0.15) is 0 Å². The summed E-state index contributed by atoms with van der Waals surface area (Å²) in [4.78, 5) is 5.44. The third-order valence-corrected chi connectivity index (χ3v) is 8.22. The van der Waals surface area contributed by atoms with E-state index in [0.29, 0.717) is 0 Å². The van der Waals surface area contributed by atoms with E-state index in [-0.39, 0.29) is 5.41 Å². The fourth-order valence-electron chi connectivity index (χ4n) is 3.59. The highest BCUT2D eigenvalue weighted by Crippen LogP contribution is 2.38. The molecule has 4 aromatic rings. The zero-order valence-electron chi connectivity index (χ0n) is 19.0. The Balaban J connectivity index is 1.63. The Morgan fingerprint density at radius 1 is 0.875 bits per heavy atom. The van der Waals surface area contributed by atoms with E-state index < -0.39 is 0 Å². The van der Waals surface area contributed by atoms with Crippen LogP contribution in [0.1, 0.15) is 41.7 Å². The van der Waals surface area contributed by atoms with Crippen LogP contribution in [0.15, 0.2) is 78.9 Å². The summed E-state index contributed by atoms with van der Waals surface area (Å²) in [5, 5.41) is 0. The van der Waals surface area contributed by atoms with Crippen molar-refractivity contribution in [1.29, 1.82) is 0 Å². The maximum atomic E-state index is 6.34. The first-order valence-corrected chi connectivity index (χ1v) is 12.4. The lowest BCUT2D eigenvalue weighted by molar-refractivity contribution is 0.415. The molecule has 0 aliphatic heterocycles. The van der Waals surface area contributed by atoms with Crippen LogP contribution in [0.25, 0.3) is 15.3 Å². The summed E-state index contributed by atoms with van der Waals surface area (Å²) in [6, 6.07) is 25.2. The molecule has 2 heterocycles. The fraction of sp³-hybridized carbons (Fsp3) is 0.214. The van der Waals surface area contributed by atoms with Crippen LogP contribution >= 0.6 is 22.7 Å². The quantitative estimate of drug-likeness (QED) is 0.296. The highest BCUT2D eigenvalue weighted by atomic mass is 32.1. The predicted molar refractivity (Wildman–Crippen MR) is 141 cm³/mol. The molecule has 4 rings (SSSR count). The van der Waals surface area contributed by atoms with Crippen LogP contribution in [0.5, 0.6) is 5.75 Å². The second-order valence-electron chi connectivity index (χ2n) is 8.82. The molecule has 0 amide bonds. The minimum absolute atomic E-state index is 0.189. The highest BCUT2D eigenvalue weighted by Gasteiger charge is 2.17. The molecule has 0 radical (unpaired) electrons. The second kappa shape index (κ2) is 9.35. The third kappa shape index (κ3) is 4.98. The van der Waals surface area contributed by atoms with Gasteiger partial charge in [-0.1, -0.05) is 57.2 Å². The van der Waals surface area contributed by atoms with Crippen LogP contribution < -0.4 is 10.5 Å². The van der Waals surface area contributed by atoms with Crippen LogP contribution in [0.3, 0.4) is 0 Å². The Morgan fingerprint density at radius 3 is 2.22 bits per heavy atom. The third-order valence-electron chi connectivity index (χ3n) is 5.41. The van der Waals surface area contributed by atoms with Gasteiger partial charge in [0.15, 0.2) is 0 Å². The predicted octanol–water partition coefficient (Wildman–Crippen LogP) is 8.04. The maximum Gasteiger partial charge on any atom is 0.118 e. The number of thiophene rings is 2. The second-order valence-corrected chi connectivity index (χ2v) is 11.1. The Kier molecular flexibility index (Phi) is 6.54. The smallest absolute Gasteiger partial charge is 0.118 e. The normalized spacial score (nSPS) is 12.2. The summed E-state index contributed by atoms with van der Waals surface area (Å²) >= 11 is 3.76. The lowest BCUT2D eigenvalue weighted by Crippen LogP contribution is -2.07. The van der Waals surface area contributed by atoms with Crippen molar-refractivity contribution < 1.29 is 4.74 Å². The van der Waals surface area contributed by atoms with Gasteiger partial charge in [0.2, 0.25) is 0 Å². The van der Waals surface area contributed by atoms with Gasteiger partial charge < -0.3 is 10.5 Å². The number of hydrogen-bond donors (Lipinski definition) is 1. The molecular weight excluding hydrogens is 430 g/mol. The van der Waals surface area contributed by atoms with Gasteiger partial charge in [0.1, 0.15) is 5.75 Å². The van der Waals surface area contributed by atoms with E-state index in [9.17, 15) is 0 Å². The Bertz CT molecular complexity index is 1220.